The molecular formula is C18H19ClN2O5S. The summed E-state index contributed by atoms with van der Waals surface area (Å²) in [7, 11) is 0. The van der Waals surface area contributed by atoms with Crippen molar-refractivity contribution >= 4 is 34.8 Å². The summed E-state index contributed by atoms with van der Waals surface area (Å²) >= 11 is 7.42. The number of ketones is 1. The molecule has 0 radical (unpaired) electrons. The van der Waals surface area contributed by atoms with Gasteiger partial charge in [-0.2, -0.15) is 0 Å². The number of carbonyl (C=O) groups excluding carboxylic acids is 1. The predicted octanol–water partition coefficient (Wildman–Crippen LogP) is 4.10. The first-order chi connectivity index (χ1) is 12.7. The Morgan fingerprint density at radius 3 is 2.70 bits per heavy atom. The van der Waals surface area contributed by atoms with Crippen LogP contribution in [0.25, 0.3) is 0 Å². The van der Waals surface area contributed by atoms with Crippen LogP contribution in [0.15, 0.2) is 23.7 Å². The van der Waals surface area contributed by atoms with E-state index in [-0.39, 0.29) is 24.0 Å². The number of carbonyl (C=O) groups is 2. The maximum atomic E-state index is 13.1. The smallest absolute Gasteiger partial charge is 0.408 e. The molecule has 2 heterocycles. The van der Waals surface area contributed by atoms with Gasteiger partial charge in [0, 0.05) is 23.5 Å². The second kappa shape index (κ2) is 7.36. The van der Waals surface area contributed by atoms with Crippen molar-refractivity contribution in [3.63, 3.8) is 0 Å². The normalized spacial score (nSPS) is 14.1. The summed E-state index contributed by atoms with van der Waals surface area (Å²) in [6.45, 7) is 5.31. The Kier molecular flexibility index (Phi) is 5.30. The number of Topliss-reactive ketones (excluding diaryl/α,β-unsaturated/α-hetero) is 1. The van der Waals surface area contributed by atoms with Gasteiger partial charge in [0.2, 0.25) is 12.6 Å². The van der Waals surface area contributed by atoms with Crippen LogP contribution in [0.1, 0.15) is 36.1 Å². The zero-order valence-electron chi connectivity index (χ0n) is 15.1. The van der Waals surface area contributed by atoms with Crippen molar-refractivity contribution in [2.45, 2.75) is 38.8 Å². The number of ether oxygens (including phenoxy) is 2. The van der Waals surface area contributed by atoms with E-state index < -0.39 is 17.7 Å². The summed E-state index contributed by atoms with van der Waals surface area (Å²) in [6.07, 6.45) is 0.483. The molecule has 0 fully saturated rings. The third kappa shape index (κ3) is 4.01. The molecule has 1 atom stereocenters. The Balaban J connectivity index is 2.01. The molecule has 3 rings (SSSR count). The third-order valence-corrected chi connectivity index (χ3v) is 5.17. The van der Waals surface area contributed by atoms with Crippen LogP contribution in [0.4, 0.5) is 4.79 Å². The number of hydrogen-bond donors (Lipinski definition) is 1. The average molecular weight is 411 g/mol. The molecule has 1 amide bonds. The molecule has 0 unspecified atom stereocenters. The number of halogens is 1. The third-order valence-electron chi connectivity index (χ3n) is 4.10. The Morgan fingerprint density at radius 1 is 1.37 bits per heavy atom. The zero-order chi connectivity index (χ0) is 19.8. The number of carboxylic acid groups (broad SMARTS) is 1. The molecule has 1 N–H and O–H groups in total. The van der Waals surface area contributed by atoms with E-state index >= 15 is 0 Å². The predicted molar refractivity (Wildman–Crippen MR) is 101 cm³/mol. The van der Waals surface area contributed by atoms with Gasteiger partial charge in [-0.15, -0.1) is 11.3 Å². The first-order valence-corrected chi connectivity index (χ1v) is 9.48. The van der Waals surface area contributed by atoms with Crippen molar-refractivity contribution in [1.82, 2.24) is 9.88 Å². The minimum absolute atomic E-state index is 0.0726. The van der Waals surface area contributed by atoms with E-state index in [2.05, 4.69) is 4.98 Å². The Bertz CT molecular complexity index is 863. The SMILES string of the molecule is CC(C)(C)N(C(=O)O)[C@@H](Cc1cc(Cl)c2c(c1)OCO2)C(=O)c1nccs1. The van der Waals surface area contributed by atoms with Crippen molar-refractivity contribution in [1.29, 1.82) is 0 Å². The fraction of sp³-hybridized carbons (Fsp3) is 0.389. The molecular weight excluding hydrogens is 392 g/mol. The number of fused-ring (bicyclic) bond motifs is 1. The number of nitrogens with zero attached hydrogens (tertiary/aromatic N) is 2. The Labute approximate surface area is 165 Å². The van der Waals surface area contributed by atoms with Gasteiger partial charge in [-0.25, -0.2) is 9.78 Å². The summed E-state index contributed by atoms with van der Waals surface area (Å²) < 4.78 is 10.7. The molecule has 144 valence electrons. The summed E-state index contributed by atoms with van der Waals surface area (Å²) in [5, 5.41) is 12.1. The number of rotatable bonds is 5. The van der Waals surface area contributed by atoms with Crippen LogP contribution in [0.3, 0.4) is 0 Å². The van der Waals surface area contributed by atoms with Crippen LogP contribution in [-0.2, 0) is 6.42 Å². The van der Waals surface area contributed by atoms with Crippen LogP contribution in [0, 0.1) is 0 Å². The molecule has 0 bridgehead atoms. The molecule has 1 aliphatic rings. The van der Waals surface area contributed by atoms with E-state index in [1.807, 2.05) is 0 Å². The fourth-order valence-corrected chi connectivity index (χ4v) is 3.95. The zero-order valence-corrected chi connectivity index (χ0v) is 16.6. The molecule has 1 aromatic heterocycles. The lowest BCUT2D eigenvalue weighted by atomic mass is 9.95. The molecule has 2 aromatic rings. The highest BCUT2D eigenvalue weighted by atomic mass is 35.5. The highest BCUT2D eigenvalue weighted by Gasteiger charge is 2.39. The molecule has 0 saturated carbocycles. The Morgan fingerprint density at radius 2 is 2.11 bits per heavy atom. The number of thiazole rings is 1. The number of amides is 1. The quantitative estimate of drug-likeness (QED) is 0.746. The van der Waals surface area contributed by atoms with E-state index in [1.165, 1.54) is 17.5 Å². The van der Waals surface area contributed by atoms with Crippen molar-refractivity contribution in [2.75, 3.05) is 6.79 Å². The van der Waals surface area contributed by atoms with Gasteiger partial charge in [0.05, 0.1) is 5.02 Å². The van der Waals surface area contributed by atoms with Gasteiger partial charge in [-0.1, -0.05) is 11.6 Å². The highest BCUT2D eigenvalue weighted by Crippen LogP contribution is 2.40. The lowest BCUT2D eigenvalue weighted by molar-refractivity contribution is 0.0550. The average Bonchev–Trinajstić information content (AvgIpc) is 3.23. The lowest BCUT2D eigenvalue weighted by Gasteiger charge is -2.38. The summed E-state index contributed by atoms with van der Waals surface area (Å²) in [5.41, 5.74) is -0.113. The topological polar surface area (TPSA) is 89.0 Å². The molecule has 1 aromatic carbocycles. The van der Waals surface area contributed by atoms with E-state index in [4.69, 9.17) is 21.1 Å². The number of aromatic nitrogens is 1. The van der Waals surface area contributed by atoms with Crippen LogP contribution in [0.5, 0.6) is 11.5 Å². The van der Waals surface area contributed by atoms with Crippen LogP contribution in [-0.4, -0.2) is 45.2 Å². The van der Waals surface area contributed by atoms with Gasteiger partial charge in [0.15, 0.2) is 16.5 Å². The largest absolute Gasteiger partial charge is 0.465 e. The molecule has 0 saturated heterocycles. The number of benzene rings is 1. The van der Waals surface area contributed by atoms with Gasteiger partial charge >= 0.3 is 6.09 Å². The molecule has 27 heavy (non-hydrogen) atoms. The summed E-state index contributed by atoms with van der Waals surface area (Å²) in [5.74, 6) is 0.584. The summed E-state index contributed by atoms with van der Waals surface area (Å²) in [6, 6.07) is 2.43. The lowest BCUT2D eigenvalue weighted by Crippen LogP contribution is -2.55. The maximum Gasteiger partial charge on any atom is 0.408 e. The first kappa shape index (κ1) is 19.4. The second-order valence-corrected chi connectivity index (χ2v) is 8.36. The minimum Gasteiger partial charge on any atom is -0.465 e. The molecule has 0 aliphatic carbocycles. The molecule has 9 heteroatoms. The standard InChI is InChI=1S/C18H19ClN2O5S/c1-18(2,3)21(17(23)24)12(14(22)16-20-4-5-27-16)7-10-6-11(19)15-13(8-10)25-9-26-15/h4-6,8,12H,7,9H2,1-3H3,(H,23,24)/t12-/m0/s1. The van der Waals surface area contributed by atoms with E-state index in [0.717, 1.165) is 4.90 Å². The van der Waals surface area contributed by atoms with Crippen molar-refractivity contribution < 1.29 is 24.2 Å². The molecule has 1 aliphatic heterocycles. The van der Waals surface area contributed by atoms with Crippen molar-refractivity contribution in [2.24, 2.45) is 0 Å². The molecule has 7 nitrogen and oxygen atoms in total. The molecule has 0 spiro atoms. The minimum atomic E-state index is -1.18. The fourth-order valence-electron chi connectivity index (χ4n) is 3.04. The van der Waals surface area contributed by atoms with E-state index in [9.17, 15) is 14.7 Å². The maximum absolute atomic E-state index is 13.1. The van der Waals surface area contributed by atoms with Gasteiger partial charge in [-0.05, 0) is 38.5 Å². The van der Waals surface area contributed by atoms with Crippen molar-refractivity contribution in [3.8, 4) is 11.5 Å². The number of hydrogen-bond acceptors (Lipinski definition) is 6. The van der Waals surface area contributed by atoms with Crippen LogP contribution in [0.2, 0.25) is 5.02 Å². The van der Waals surface area contributed by atoms with Crippen molar-refractivity contribution in [3.05, 3.63) is 39.3 Å². The first-order valence-electron chi connectivity index (χ1n) is 8.22. The van der Waals surface area contributed by atoms with Gasteiger partial charge < -0.3 is 14.6 Å². The van der Waals surface area contributed by atoms with E-state index in [0.29, 0.717) is 22.1 Å². The van der Waals surface area contributed by atoms with E-state index in [1.54, 1.807) is 38.3 Å². The Hall–Kier alpha value is -2.32. The van der Waals surface area contributed by atoms with Gasteiger partial charge in [-0.3, -0.25) is 9.69 Å². The summed E-state index contributed by atoms with van der Waals surface area (Å²) in [4.78, 5) is 30.3. The second-order valence-electron chi connectivity index (χ2n) is 7.06. The van der Waals surface area contributed by atoms with Crippen LogP contribution >= 0.6 is 22.9 Å². The highest BCUT2D eigenvalue weighted by molar-refractivity contribution is 7.11. The monoisotopic (exact) mass is 410 g/mol. The van der Waals surface area contributed by atoms with Crippen LogP contribution < -0.4 is 9.47 Å². The van der Waals surface area contributed by atoms with Gasteiger partial charge in [0.25, 0.3) is 0 Å². The van der Waals surface area contributed by atoms with Gasteiger partial charge in [0.1, 0.15) is 6.04 Å².